The van der Waals surface area contributed by atoms with Gasteiger partial charge < -0.3 is 14.5 Å². The van der Waals surface area contributed by atoms with Crippen molar-refractivity contribution in [2.45, 2.75) is 18.2 Å². The molecular weight excluding hydrogens is 404 g/mol. The highest BCUT2D eigenvalue weighted by atomic mass is 32.2. The van der Waals surface area contributed by atoms with Gasteiger partial charge in [-0.3, -0.25) is 9.59 Å². The number of rotatable bonds is 5. The molecule has 1 aliphatic heterocycles. The smallest absolute Gasteiger partial charge is 0.257 e. The minimum atomic E-state index is -3.52. The summed E-state index contributed by atoms with van der Waals surface area (Å²) in [5, 5.41) is 0. The van der Waals surface area contributed by atoms with E-state index < -0.39 is 9.84 Å². The van der Waals surface area contributed by atoms with E-state index in [1.807, 2.05) is 0 Å². The van der Waals surface area contributed by atoms with E-state index in [-0.39, 0.29) is 28.0 Å². The van der Waals surface area contributed by atoms with E-state index in [0.717, 1.165) is 0 Å². The number of nitrogens with zero attached hydrogens (tertiary/aromatic N) is 2. The second-order valence-electron chi connectivity index (χ2n) is 7.04. The number of carbonyl (C=O) groups is 2. The van der Waals surface area contributed by atoms with Gasteiger partial charge in [0.15, 0.2) is 9.84 Å². The van der Waals surface area contributed by atoms with Crippen LogP contribution in [-0.2, 0) is 9.84 Å². The third kappa shape index (κ3) is 4.48. The summed E-state index contributed by atoms with van der Waals surface area (Å²) in [5.74, 6) is -0.0262. The van der Waals surface area contributed by atoms with Crippen molar-refractivity contribution in [3.05, 3.63) is 59.7 Å². The Bertz CT molecular complexity index is 1040. The lowest BCUT2D eigenvalue weighted by Crippen LogP contribution is -2.37. The average Bonchev–Trinajstić information content (AvgIpc) is 3.04. The Hall–Kier alpha value is -2.87. The molecule has 0 aliphatic carbocycles. The van der Waals surface area contributed by atoms with Crippen LogP contribution in [0.2, 0.25) is 0 Å². The van der Waals surface area contributed by atoms with E-state index in [4.69, 9.17) is 4.74 Å². The molecule has 0 radical (unpaired) electrons. The van der Waals surface area contributed by atoms with Gasteiger partial charge in [0.05, 0.1) is 28.9 Å². The summed E-state index contributed by atoms with van der Waals surface area (Å²) in [6, 6.07) is 13.4. The van der Waals surface area contributed by atoms with Crippen molar-refractivity contribution in [3.63, 3.8) is 0 Å². The van der Waals surface area contributed by atoms with Crippen LogP contribution in [0.15, 0.2) is 53.4 Å². The molecule has 3 rings (SSSR count). The van der Waals surface area contributed by atoms with E-state index in [0.29, 0.717) is 43.9 Å². The maximum atomic E-state index is 13.1. The largest absolute Gasteiger partial charge is 0.496 e. The van der Waals surface area contributed by atoms with Gasteiger partial charge in [-0.15, -0.1) is 0 Å². The van der Waals surface area contributed by atoms with Gasteiger partial charge in [0.25, 0.3) is 11.8 Å². The number of benzene rings is 2. The first-order valence-corrected chi connectivity index (χ1v) is 11.6. The quantitative estimate of drug-likeness (QED) is 0.728. The highest BCUT2D eigenvalue weighted by Gasteiger charge is 2.28. The zero-order valence-corrected chi connectivity index (χ0v) is 18.0. The summed E-state index contributed by atoms with van der Waals surface area (Å²) in [7, 11) is -1.99. The number of hydrogen-bond donors (Lipinski definition) is 0. The Labute approximate surface area is 177 Å². The maximum absolute atomic E-state index is 13.1. The van der Waals surface area contributed by atoms with Gasteiger partial charge in [-0.2, -0.15) is 0 Å². The summed E-state index contributed by atoms with van der Waals surface area (Å²) in [5.41, 5.74) is 0.669. The topological polar surface area (TPSA) is 84.0 Å². The van der Waals surface area contributed by atoms with E-state index in [1.165, 1.54) is 13.2 Å². The number of para-hydroxylation sites is 1. The molecule has 0 spiro atoms. The average molecular weight is 431 g/mol. The summed E-state index contributed by atoms with van der Waals surface area (Å²) in [6.45, 7) is 3.22. The summed E-state index contributed by atoms with van der Waals surface area (Å²) in [6.07, 6.45) is 0.606. The highest BCUT2D eigenvalue weighted by Crippen LogP contribution is 2.22. The van der Waals surface area contributed by atoms with Crippen molar-refractivity contribution < 1.29 is 22.7 Å². The van der Waals surface area contributed by atoms with Crippen LogP contribution in [0.4, 0.5) is 0 Å². The molecule has 0 N–H and O–H groups in total. The van der Waals surface area contributed by atoms with E-state index in [9.17, 15) is 18.0 Å². The Morgan fingerprint density at radius 2 is 1.40 bits per heavy atom. The van der Waals surface area contributed by atoms with Crippen LogP contribution in [0.5, 0.6) is 5.75 Å². The van der Waals surface area contributed by atoms with Crippen molar-refractivity contribution in [3.8, 4) is 5.75 Å². The zero-order chi connectivity index (χ0) is 21.7. The molecule has 7 nitrogen and oxygen atoms in total. The first-order chi connectivity index (χ1) is 14.4. The van der Waals surface area contributed by atoms with E-state index in [1.54, 1.807) is 59.2 Å². The number of hydrogen-bond acceptors (Lipinski definition) is 5. The molecule has 8 heteroatoms. The normalized spacial score (nSPS) is 14.9. The molecule has 0 atom stereocenters. The lowest BCUT2D eigenvalue weighted by molar-refractivity contribution is 0.0715. The Kier molecular flexibility index (Phi) is 6.77. The molecule has 2 aromatic carbocycles. The lowest BCUT2D eigenvalue weighted by atomic mass is 10.1. The first kappa shape index (κ1) is 21.8. The first-order valence-electron chi connectivity index (χ1n) is 9.92. The monoisotopic (exact) mass is 430 g/mol. The third-order valence-electron chi connectivity index (χ3n) is 5.24. The van der Waals surface area contributed by atoms with Gasteiger partial charge in [-0.05, 0) is 30.7 Å². The van der Waals surface area contributed by atoms with Gasteiger partial charge in [0, 0.05) is 26.2 Å². The fourth-order valence-corrected chi connectivity index (χ4v) is 4.64. The van der Waals surface area contributed by atoms with Crippen molar-refractivity contribution in [2.75, 3.05) is 39.0 Å². The molecule has 1 fully saturated rings. The van der Waals surface area contributed by atoms with Crippen LogP contribution in [0.3, 0.4) is 0 Å². The molecule has 1 heterocycles. The fourth-order valence-electron chi connectivity index (χ4n) is 3.56. The summed E-state index contributed by atoms with van der Waals surface area (Å²) in [4.78, 5) is 29.5. The number of sulfone groups is 1. The number of carbonyl (C=O) groups excluding carboxylic acids is 2. The van der Waals surface area contributed by atoms with Crippen molar-refractivity contribution >= 4 is 21.7 Å². The van der Waals surface area contributed by atoms with E-state index >= 15 is 0 Å². The molecule has 2 aromatic rings. The maximum Gasteiger partial charge on any atom is 0.257 e. The number of ether oxygens (including phenoxy) is 1. The van der Waals surface area contributed by atoms with Gasteiger partial charge in [0.1, 0.15) is 5.75 Å². The molecule has 0 unspecified atom stereocenters. The van der Waals surface area contributed by atoms with Crippen molar-refractivity contribution in [1.29, 1.82) is 0 Å². The van der Waals surface area contributed by atoms with E-state index in [2.05, 4.69) is 0 Å². The number of amides is 2. The Morgan fingerprint density at radius 1 is 0.867 bits per heavy atom. The molecule has 1 aliphatic rings. The molecular formula is C22H26N2O5S. The molecule has 160 valence electrons. The number of methoxy groups -OCH3 is 1. The Morgan fingerprint density at radius 3 is 2.00 bits per heavy atom. The predicted molar refractivity (Wildman–Crippen MR) is 114 cm³/mol. The lowest BCUT2D eigenvalue weighted by Gasteiger charge is -2.23. The SMILES string of the molecule is CCS(=O)(=O)c1ccccc1C(=O)N1CCCN(C(=O)c2ccccc2OC)CC1. The third-order valence-corrected chi connectivity index (χ3v) is 7.03. The van der Waals surface area contributed by atoms with Crippen LogP contribution < -0.4 is 4.74 Å². The standard InChI is InChI=1S/C22H26N2O5S/c1-3-30(27,28)20-12-7-5-10-18(20)22(26)24-14-8-13-23(15-16-24)21(25)17-9-4-6-11-19(17)29-2/h4-7,9-12H,3,8,13-16H2,1-2H3. The van der Waals surface area contributed by atoms with Crippen molar-refractivity contribution in [1.82, 2.24) is 9.80 Å². The molecule has 30 heavy (non-hydrogen) atoms. The highest BCUT2D eigenvalue weighted by molar-refractivity contribution is 7.91. The second kappa shape index (κ2) is 9.30. The summed E-state index contributed by atoms with van der Waals surface area (Å²) >= 11 is 0. The van der Waals surface area contributed by atoms with Crippen LogP contribution in [0.1, 0.15) is 34.1 Å². The van der Waals surface area contributed by atoms with Gasteiger partial charge in [-0.25, -0.2) is 8.42 Å². The minimum absolute atomic E-state index is 0.0590. The fraction of sp³-hybridized carbons (Fsp3) is 0.364. The predicted octanol–water partition coefficient (Wildman–Crippen LogP) is 2.48. The summed E-state index contributed by atoms with van der Waals surface area (Å²) < 4.78 is 30.1. The molecule has 0 saturated carbocycles. The van der Waals surface area contributed by atoms with Crippen LogP contribution in [0.25, 0.3) is 0 Å². The Balaban J connectivity index is 1.78. The van der Waals surface area contributed by atoms with Gasteiger partial charge in [0.2, 0.25) is 0 Å². The van der Waals surface area contributed by atoms with Crippen molar-refractivity contribution in [2.24, 2.45) is 0 Å². The second-order valence-corrected chi connectivity index (χ2v) is 9.28. The molecule has 0 bridgehead atoms. The zero-order valence-electron chi connectivity index (χ0n) is 17.2. The van der Waals surface area contributed by atoms with Crippen LogP contribution in [0, 0.1) is 0 Å². The minimum Gasteiger partial charge on any atom is -0.496 e. The van der Waals surface area contributed by atoms with Gasteiger partial charge >= 0.3 is 0 Å². The molecule has 0 aromatic heterocycles. The molecule has 1 saturated heterocycles. The molecule has 2 amide bonds. The van der Waals surface area contributed by atoms with Crippen LogP contribution in [-0.4, -0.2) is 69.1 Å². The van der Waals surface area contributed by atoms with Crippen LogP contribution >= 0.6 is 0 Å². The van der Waals surface area contributed by atoms with Gasteiger partial charge in [-0.1, -0.05) is 31.2 Å².